The number of nitrogens with one attached hydrogen (secondary N) is 2. The van der Waals surface area contributed by atoms with Gasteiger partial charge in [-0.3, -0.25) is 18.7 Å². The molecule has 2 aliphatic heterocycles. The molecule has 1 aromatic carbocycles. The first kappa shape index (κ1) is 20.3. The first-order chi connectivity index (χ1) is 16.1. The van der Waals surface area contributed by atoms with Crippen molar-refractivity contribution in [3.05, 3.63) is 74.8 Å². The molecule has 2 aliphatic rings. The maximum atomic E-state index is 13.9. The lowest BCUT2D eigenvalue weighted by Gasteiger charge is -2.34. The van der Waals surface area contributed by atoms with Crippen LogP contribution < -0.4 is 16.4 Å². The quantitative estimate of drug-likeness (QED) is 0.488. The summed E-state index contributed by atoms with van der Waals surface area (Å²) in [6, 6.07) is 12.0. The number of piperidine rings is 1. The molecule has 0 bridgehead atoms. The molecule has 0 aliphatic carbocycles. The van der Waals surface area contributed by atoms with Crippen molar-refractivity contribution >= 4 is 22.1 Å². The number of pyridine rings is 2. The van der Waals surface area contributed by atoms with E-state index in [2.05, 4.69) is 20.2 Å². The van der Waals surface area contributed by atoms with Gasteiger partial charge in [0.2, 0.25) is 0 Å². The number of benzene rings is 1. The minimum atomic E-state index is -0.286. The van der Waals surface area contributed by atoms with Gasteiger partial charge in [0.25, 0.3) is 11.1 Å². The Morgan fingerprint density at radius 2 is 1.85 bits per heavy atom. The molecule has 0 spiro atoms. The van der Waals surface area contributed by atoms with Crippen molar-refractivity contribution in [2.24, 2.45) is 0 Å². The van der Waals surface area contributed by atoms with Gasteiger partial charge in [0.15, 0.2) is 0 Å². The normalized spacial score (nSPS) is 19.1. The minimum absolute atomic E-state index is 0.0359. The van der Waals surface area contributed by atoms with Gasteiger partial charge in [-0.05, 0) is 50.2 Å². The summed E-state index contributed by atoms with van der Waals surface area (Å²) in [5, 5.41) is 4.46. The van der Waals surface area contributed by atoms with Crippen LogP contribution in [0.4, 0.5) is 4.39 Å². The zero-order valence-electron chi connectivity index (χ0n) is 18.1. The van der Waals surface area contributed by atoms with E-state index in [1.807, 2.05) is 0 Å². The van der Waals surface area contributed by atoms with Crippen LogP contribution in [0.1, 0.15) is 24.7 Å². The number of likely N-dealkylation sites (tertiary alicyclic amines) is 1. The summed E-state index contributed by atoms with van der Waals surface area (Å²) in [5.74, 6) is 0.449. The number of hydrogen-bond acceptors (Lipinski definition) is 5. The third-order valence-electron chi connectivity index (χ3n) is 6.95. The summed E-state index contributed by atoms with van der Waals surface area (Å²) < 4.78 is 17.4. The fourth-order valence-electron chi connectivity index (χ4n) is 5.28. The molecule has 3 aromatic heterocycles. The monoisotopic (exact) mass is 448 g/mol. The molecule has 4 aromatic rings. The van der Waals surface area contributed by atoms with Crippen molar-refractivity contribution in [3.8, 4) is 0 Å². The predicted octanol–water partition coefficient (Wildman–Crippen LogP) is 1.99. The van der Waals surface area contributed by atoms with Gasteiger partial charge >= 0.3 is 0 Å². The van der Waals surface area contributed by atoms with Crippen molar-refractivity contribution in [3.63, 3.8) is 0 Å². The number of hydrogen-bond donors (Lipinski definition) is 2. The van der Waals surface area contributed by atoms with Gasteiger partial charge in [-0.1, -0.05) is 6.07 Å². The summed E-state index contributed by atoms with van der Waals surface area (Å²) in [4.78, 5) is 34.9. The zero-order valence-corrected chi connectivity index (χ0v) is 18.1. The van der Waals surface area contributed by atoms with Crippen LogP contribution in [0.25, 0.3) is 22.1 Å². The molecule has 1 fully saturated rings. The van der Waals surface area contributed by atoms with Gasteiger partial charge in [0.05, 0.1) is 18.1 Å². The fourth-order valence-corrected chi connectivity index (χ4v) is 5.28. The Labute approximate surface area is 188 Å². The van der Waals surface area contributed by atoms with Gasteiger partial charge in [-0.2, -0.15) is 0 Å². The highest BCUT2D eigenvalue weighted by molar-refractivity contribution is 5.76. The first-order valence-electron chi connectivity index (χ1n) is 11.4. The molecule has 1 saturated heterocycles. The first-order valence-corrected chi connectivity index (χ1v) is 11.4. The lowest BCUT2D eigenvalue weighted by molar-refractivity contribution is 0.171. The van der Waals surface area contributed by atoms with Gasteiger partial charge in [-0.15, -0.1) is 0 Å². The van der Waals surface area contributed by atoms with E-state index in [0.717, 1.165) is 49.3 Å². The molecular weight excluding hydrogens is 423 g/mol. The lowest BCUT2D eigenvalue weighted by Crippen LogP contribution is -2.44. The second-order valence-corrected chi connectivity index (χ2v) is 9.03. The number of aromatic amines is 1. The maximum Gasteiger partial charge on any atom is 0.252 e. The van der Waals surface area contributed by atoms with Crippen LogP contribution in [0, 0.1) is 5.82 Å². The molecule has 0 unspecified atom stereocenters. The lowest BCUT2D eigenvalue weighted by atomic mass is 10.0. The van der Waals surface area contributed by atoms with Gasteiger partial charge in [0, 0.05) is 36.7 Å². The fraction of sp³-hybridized carbons (Fsp3) is 0.375. The summed E-state index contributed by atoms with van der Waals surface area (Å²) >= 11 is 0. The molecule has 170 valence electrons. The summed E-state index contributed by atoms with van der Waals surface area (Å²) in [5.41, 5.74) is 1.72. The highest BCUT2D eigenvalue weighted by atomic mass is 19.1. The Kier molecular flexibility index (Phi) is 4.88. The second kappa shape index (κ2) is 7.93. The molecule has 8 nitrogen and oxygen atoms in total. The van der Waals surface area contributed by atoms with Crippen LogP contribution in [0.2, 0.25) is 0 Å². The third-order valence-corrected chi connectivity index (χ3v) is 6.95. The van der Waals surface area contributed by atoms with E-state index in [0.29, 0.717) is 30.2 Å². The molecule has 0 amide bonds. The smallest absolute Gasteiger partial charge is 0.252 e. The number of H-pyrrole nitrogens is 1. The average Bonchev–Trinajstić information content (AvgIpc) is 3.41. The minimum Gasteiger partial charge on any atom is -0.338 e. The Morgan fingerprint density at radius 1 is 1.06 bits per heavy atom. The predicted molar refractivity (Wildman–Crippen MR) is 124 cm³/mol. The summed E-state index contributed by atoms with van der Waals surface area (Å²) in [7, 11) is 0. The van der Waals surface area contributed by atoms with E-state index in [1.165, 1.54) is 6.07 Å². The average molecular weight is 449 g/mol. The number of nitrogens with zero attached hydrogens (tertiary/aromatic N) is 4. The number of para-hydroxylation sites is 1. The van der Waals surface area contributed by atoms with Crippen molar-refractivity contribution in [2.45, 2.75) is 38.0 Å². The zero-order chi connectivity index (χ0) is 22.5. The van der Waals surface area contributed by atoms with E-state index in [4.69, 9.17) is 0 Å². The van der Waals surface area contributed by atoms with E-state index < -0.39 is 0 Å². The number of imidazole rings is 1. The summed E-state index contributed by atoms with van der Waals surface area (Å²) in [6.45, 7) is 3.68. The molecule has 0 saturated carbocycles. The molecule has 9 heteroatoms. The number of rotatable bonds is 5. The number of aromatic nitrogens is 4. The highest BCUT2D eigenvalue weighted by Gasteiger charge is 2.29. The molecule has 5 heterocycles. The van der Waals surface area contributed by atoms with Crippen LogP contribution in [0.15, 0.2) is 52.1 Å². The van der Waals surface area contributed by atoms with E-state index in [1.54, 1.807) is 45.5 Å². The van der Waals surface area contributed by atoms with Crippen molar-refractivity contribution in [1.29, 1.82) is 0 Å². The van der Waals surface area contributed by atoms with E-state index in [9.17, 15) is 14.0 Å². The van der Waals surface area contributed by atoms with Gasteiger partial charge in [-0.25, -0.2) is 9.37 Å². The molecule has 2 N–H and O–H groups in total. The second-order valence-electron chi connectivity index (χ2n) is 9.03. The third kappa shape index (κ3) is 3.57. The van der Waals surface area contributed by atoms with Crippen LogP contribution in [0.5, 0.6) is 0 Å². The Balaban J connectivity index is 1.08. The summed E-state index contributed by atoms with van der Waals surface area (Å²) in [6.07, 6.45) is 1.96. The maximum absolute atomic E-state index is 13.9. The van der Waals surface area contributed by atoms with Crippen LogP contribution in [-0.2, 0) is 13.1 Å². The Morgan fingerprint density at radius 3 is 2.64 bits per heavy atom. The number of halogens is 1. The molecule has 33 heavy (non-hydrogen) atoms. The highest BCUT2D eigenvalue weighted by Crippen LogP contribution is 2.25. The van der Waals surface area contributed by atoms with E-state index in [-0.39, 0.29) is 23.0 Å². The molecule has 6 rings (SSSR count). The van der Waals surface area contributed by atoms with Crippen LogP contribution in [0.3, 0.4) is 0 Å². The van der Waals surface area contributed by atoms with Crippen molar-refractivity contribution in [1.82, 2.24) is 29.3 Å². The molecule has 1 atom stereocenters. The standard InChI is InChI=1S/C24H25FN6O2/c25-18-2-1-3-19-23(18)28-20(27-19)12-26-16-8-10-29(11-9-16)13-17-14-30-21(32)6-4-15-5-7-22(33)31(17)24(15)30/h1-7,16-17,26H,8-14H2,(H,27,28)/t17-/m1/s1. The largest absolute Gasteiger partial charge is 0.338 e. The van der Waals surface area contributed by atoms with Crippen LogP contribution in [-0.4, -0.2) is 49.7 Å². The topological polar surface area (TPSA) is 87.9 Å². The van der Waals surface area contributed by atoms with Crippen molar-refractivity contribution < 1.29 is 4.39 Å². The van der Waals surface area contributed by atoms with Crippen molar-refractivity contribution in [2.75, 3.05) is 19.6 Å². The number of fused-ring (bicyclic) bond motifs is 1. The molecule has 0 radical (unpaired) electrons. The SMILES string of the molecule is O=c1ccc2ccc(=O)n3c2n1C[C@H]3CN1CCC(NCc2nc3cccc(F)c3[nH]2)CC1. The van der Waals surface area contributed by atoms with Gasteiger partial charge < -0.3 is 15.2 Å². The van der Waals surface area contributed by atoms with Crippen LogP contribution >= 0.6 is 0 Å². The Hall–Kier alpha value is -3.30. The Bertz CT molecular complexity index is 1460. The van der Waals surface area contributed by atoms with E-state index >= 15 is 0 Å². The molecular formula is C24H25FN6O2. The van der Waals surface area contributed by atoms with Gasteiger partial charge in [0.1, 0.15) is 22.8 Å².